The Morgan fingerprint density at radius 2 is 1.80 bits per heavy atom. The van der Waals surface area contributed by atoms with Crippen LogP contribution in [0.25, 0.3) is 6.08 Å². The van der Waals surface area contributed by atoms with Gasteiger partial charge in [-0.25, -0.2) is 9.79 Å². The van der Waals surface area contributed by atoms with E-state index in [9.17, 15) is 29.8 Å². The molecular formula is C23H18N4O7S. The molecule has 0 bridgehead atoms. The summed E-state index contributed by atoms with van der Waals surface area (Å²) in [6.07, 6.45) is 1.50. The molecule has 0 N–H and O–H groups in total. The topological polar surface area (TPSA) is 147 Å². The van der Waals surface area contributed by atoms with Gasteiger partial charge in [0.05, 0.1) is 38.3 Å². The second-order valence-electron chi connectivity index (χ2n) is 7.51. The number of nitro benzene ring substituents is 2. The molecule has 1 aliphatic rings. The van der Waals surface area contributed by atoms with Gasteiger partial charge in [-0.1, -0.05) is 35.6 Å². The Balaban J connectivity index is 1.96. The molecule has 0 amide bonds. The van der Waals surface area contributed by atoms with Gasteiger partial charge in [0.2, 0.25) is 0 Å². The number of fused-ring (bicyclic) bond motifs is 1. The van der Waals surface area contributed by atoms with Crippen molar-refractivity contribution in [3.63, 3.8) is 0 Å². The third-order valence-corrected chi connectivity index (χ3v) is 6.28. The van der Waals surface area contributed by atoms with Crippen molar-refractivity contribution in [3.05, 3.63) is 111 Å². The number of esters is 1. The molecule has 12 heteroatoms. The Bertz CT molecular complexity index is 1590. The van der Waals surface area contributed by atoms with Crippen molar-refractivity contribution in [2.75, 3.05) is 6.61 Å². The van der Waals surface area contributed by atoms with Crippen LogP contribution in [0, 0.1) is 20.2 Å². The number of allylic oxidation sites excluding steroid dienone is 1. The van der Waals surface area contributed by atoms with Crippen molar-refractivity contribution in [3.8, 4) is 0 Å². The zero-order valence-corrected chi connectivity index (χ0v) is 19.4. The highest BCUT2D eigenvalue weighted by Gasteiger charge is 2.34. The number of carbonyl (C=O) groups is 1. The largest absolute Gasteiger partial charge is 0.463 e. The Kier molecular flexibility index (Phi) is 6.38. The van der Waals surface area contributed by atoms with Crippen LogP contribution in [-0.4, -0.2) is 27.0 Å². The monoisotopic (exact) mass is 494 g/mol. The number of thiazole rings is 1. The van der Waals surface area contributed by atoms with Gasteiger partial charge in [-0.15, -0.1) is 0 Å². The highest BCUT2D eigenvalue weighted by molar-refractivity contribution is 7.07. The number of nitrogens with zero attached hydrogens (tertiary/aromatic N) is 4. The predicted molar refractivity (Wildman–Crippen MR) is 127 cm³/mol. The number of ether oxygens (including phenoxy) is 1. The van der Waals surface area contributed by atoms with Gasteiger partial charge >= 0.3 is 5.97 Å². The molecular weight excluding hydrogens is 476 g/mol. The molecule has 1 atom stereocenters. The molecule has 2 aromatic carbocycles. The van der Waals surface area contributed by atoms with Gasteiger partial charge in [-0.2, -0.15) is 0 Å². The lowest BCUT2D eigenvalue weighted by Crippen LogP contribution is -2.40. The number of rotatable bonds is 6. The lowest BCUT2D eigenvalue weighted by Gasteiger charge is -2.24. The van der Waals surface area contributed by atoms with E-state index in [1.807, 2.05) is 0 Å². The summed E-state index contributed by atoms with van der Waals surface area (Å²) in [4.78, 5) is 52.5. The normalized spacial score (nSPS) is 15.4. The van der Waals surface area contributed by atoms with Gasteiger partial charge in [0.1, 0.15) is 0 Å². The molecule has 0 spiro atoms. The van der Waals surface area contributed by atoms with E-state index in [4.69, 9.17) is 4.74 Å². The maximum absolute atomic E-state index is 13.5. The number of benzene rings is 2. The van der Waals surface area contributed by atoms with Crippen LogP contribution in [0.4, 0.5) is 11.4 Å². The highest BCUT2D eigenvalue weighted by atomic mass is 32.1. The van der Waals surface area contributed by atoms with Crippen LogP contribution in [0.5, 0.6) is 0 Å². The summed E-state index contributed by atoms with van der Waals surface area (Å²) in [5.74, 6) is -0.682. The number of hydrogen-bond donors (Lipinski definition) is 0. The highest BCUT2D eigenvalue weighted by Crippen LogP contribution is 2.32. The summed E-state index contributed by atoms with van der Waals surface area (Å²) in [5, 5.41) is 22.5. The zero-order valence-electron chi connectivity index (χ0n) is 18.5. The van der Waals surface area contributed by atoms with Crippen LogP contribution in [0.1, 0.15) is 31.0 Å². The molecule has 2 heterocycles. The lowest BCUT2D eigenvalue weighted by atomic mass is 9.95. The van der Waals surface area contributed by atoms with E-state index < -0.39 is 27.4 Å². The Morgan fingerprint density at radius 1 is 1.14 bits per heavy atom. The lowest BCUT2D eigenvalue weighted by molar-refractivity contribution is -0.385. The van der Waals surface area contributed by atoms with Gasteiger partial charge in [-0.05, 0) is 31.1 Å². The van der Waals surface area contributed by atoms with Crippen molar-refractivity contribution in [2.24, 2.45) is 4.99 Å². The van der Waals surface area contributed by atoms with Gasteiger partial charge in [0.15, 0.2) is 4.80 Å². The molecule has 178 valence electrons. The second kappa shape index (κ2) is 9.43. The fourth-order valence-corrected chi connectivity index (χ4v) is 4.84. The number of hydrogen-bond acceptors (Lipinski definition) is 9. The van der Waals surface area contributed by atoms with Crippen LogP contribution in [0.3, 0.4) is 0 Å². The fourth-order valence-electron chi connectivity index (χ4n) is 3.79. The smallest absolute Gasteiger partial charge is 0.338 e. The zero-order chi connectivity index (χ0) is 25.3. The number of nitro groups is 2. The number of carbonyl (C=O) groups excluding carboxylic acids is 1. The van der Waals surface area contributed by atoms with Crippen molar-refractivity contribution in [2.45, 2.75) is 19.9 Å². The standard InChI is InChI=1S/C23H18N4O7S/c1-3-34-22(29)19-13(2)24-23-25(20(19)15-7-5-9-17(12-15)27(32)33)21(28)18(35-23)11-14-6-4-8-16(10-14)26(30)31/h4-12,20H,3H2,1-2H3/b18-11-/t20-/m1/s1. The summed E-state index contributed by atoms with van der Waals surface area (Å²) < 4.78 is 6.73. The first-order valence-corrected chi connectivity index (χ1v) is 11.2. The summed E-state index contributed by atoms with van der Waals surface area (Å²) in [7, 11) is 0. The Morgan fingerprint density at radius 3 is 2.46 bits per heavy atom. The van der Waals surface area contributed by atoms with Gasteiger partial charge < -0.3 is 4.74 Å². The molecule has 0 unspecified atom stereocenters. The second-order valence-corrected chi connectivity index (χ2v) is 8.52. The maximum atomic E-state index is 13.5. The molecule has 3 aromatic rings. The molecule has 4 rings (SSSR count). The number of non-ortho nitro benzene ring substituents is 2. The minimum absolute atomic E-state index is 0.0917. The van der Waals surface area contributed by atoms with Crippen LogP contribution in [0.15, 0.2) is 69.6 Å². The minimum atomic E-state index is -1.00. The van der Waals surface area contributed by atoms with Crippen molar-refractivity contribution in [1.29, 1.82) is 0 Å². The first kappa shape index (κ1) is 23.7. The average Bonchev–Trinajstić information content (AvgIpc) is 3.12. The van der Waals surface area contributed by atoms with Gasteiger partial charge in [0.25, 0.3) is 16.9 Å². The minimum Gasteiger partial charge on any atom is -0.463 e. The van der Waals surface area contributed by atoms with Crippen LogP contribution in [0.2, 0.25) is 0 Å². The molecule has 0 fully saturated rings. The molecule has 0 saturated carbocycles. The summed E-state index contributed by atoms with van der Waals surface area (Å²) in [5.41, 5.74) is 0.397. The molecule has 0 aliphatic carbocycles. The van der Waals surface area contributed by atoms with E-state index in [2.05, 4.69) is 4.99 Å². The van der Waals surface area contributed by atoms with Crippen LogP contribution < -0.4 is 14.9 Å². The fraction of sp³-hybridized carbons (Fsp3) is 0.174. The third kappa shape index (κ3) is 4.51. The molecule has 0 saturated heterocycles. The first-order chi connectivity index (χ1) is 16.7. The molecule has 1 aliphatic heterocycles. The molecule has 11 nitrogen and oxygen atoms in total. The third-order valence-electron chi connectivity index (χ3n) is 5.29. The molecule has 0 radical (unpaired) electrons. The molecule has 1 aromatic heterocycles. The SMILES string of the molecule is CCOC(=O)C1=C(C)N=c2s/c(=C\c3cccc([N+](=O)[O-])c3)c(=O)n2[C@@H]1c1cccc([N+](=O)[O-])c1. The van der Waals surface area contributed by atoms with Crippen molar-refractivity contribution < 1.29 is 19.4 Å². The molecule has 35 heavy (non-hydrogen) atoms. The van der Waals surface area contributed by atoms with E-state index in [0.29, 0.717) is 16.8 Å². The van der Waals surface area contributed by atoms with Crippen LogP contribution >= 0.6 is 11.3 Å². The summed E-state index contributed by atoms with van der Waals surface area (Å²) >= 11 is 1.05. The van der Waals surface area contributed by atoms with E-state index in [-0.39, 0.29) is 32.9 Å². The van der Waals surface area contributed by atoms with E-state index in [1.165, 1.54) is 47.0 Å². The van der Waals surface area contributed by atoms with Crippen molar-refractivity contribution in [1.82, 2.24) is 4.57 Å². The first-order valence-electron chi connectivity index (χ1n) is 10.4. The predicted octanol–water partition coefficient (Wildman–Crippen LogP) is 2.61. The van der Waals surface area contributed by atoms with E-state index in [1.54, 1.807) is 26.0 Å². The van der Waals surface area contributed by atoms with E-state index >= 15 is 0 Å². The van der Waals surface area contributed by atoms with Gasteiger partial charge in [0, 0.05) is 24.3 Å². The Hall–Kier alpha value is -4.45. The number of aromatic nitrogens is 1. The summed E-state index contributed by atoms with van der Waals surface area (Å²) in [6, 6.07) is 10.5. The van der Waals surface area contributed by atoms with Crippen molar-refractivity contribution >= 4 is 34.8 Å². The Labute approximate surface area is 201 Å². The van der Waals surface area contributed by atoms with Gasteiger partial charge in [-0.3, -0.25) is 29.6 Å². The summed E-state index contributed by atoms with van der Waals surface area (Å²) in [6.45, 7) is 3.34. The average molecular weight is 494 g/mol. The van der Waals surface area contributed by atoms with E-state index in [0.717, 1.165) is 11.3 Å². The maximum Gasteiger partial charge on any atom is 0.338 e. The van der Waals surface area contributed by atoms with Crippen LogP contribution in [-0.2, 0) is 9.53 Å². The quantitative estimate of drug-likeness (QED) is 0.291.